The van der Waals surface area contributed by atoms with Crippen LogP contribution in [0, 0.1) is 0 Å². The highest BCUT2D eigenvalue weighted by molar-refractivity contribution is 7.98. The molecule has 1 aromatic heterocycles. The van der Waals surface area contributed by atoms with Crippen molar-refractivity contribution < 1.29 is 9.53 Å². The highest BCUT2D eigenvalue weighted by Gasteiger charge is 2.15. The molecule has 1 heterocycles. The zero-order chi connectivity index (χ0) is 12.3. The first-order chi connectivity index (χ1) is 8.27. The predicted octanol–water partition coefficient (Wildman–Crippen LogP) is 2.53. The normalized spacial score (nSPS) is 10.5. The molecule has 88 valence electrons. The second-order valence-corrected chi connectivity index (χ2v) is 4.12. The van der Waals surface area contributed by atoms with Gasteiger partial charge in [0.05, 0.1) is 6.61 Å². The third kappa shape index (κ3) is 2.24. The molecule has 0 saturated carbocycles. The van der Waals surface area contributed by atoms with Crippen molar-refractivity contribution in [2.24, 2.45) is 0 Å². The van der Waals surface area contributed by atoms with Crippen molar-refractivity contribution in [3.05, 3.63) is 30.0 Å². The van der Waals surface area contributed by atoms with Crippen LogP contribution in [0.1, 0.15) is 17.4 Å². The topological polar surface area (TPSA) is 52.1 Å². The summed E-state index contributed by atoms with van der Waals surface area (Å²) in [5.41, 5.74) is 0.278. The molecule has 0 radical (unpaired) electrons. The average molecular weight is 248 g/mol. The van der Waals surface area contributed by atoms with Gasteiger partial charge in [-0.3, -0.25) is 0 Å². The average Bonchev–Trinajstić information content (AvgIpc) is 2.37. The van der Waals surface area contributed by atoms with E-state index < -0.39 is 5.97 Å². The van der Waals surface area contributed by atoms with Crippen LogP contribution in [0.15, 0.2) is 29.3 Å². The number of esters is 1. The molecular formula is C12H12N2O2S. The van der Waals surface area contributed by atoms with Crippen LogP contribution in [0.5, 0.6) is 0 Å². The largest absolute Gasteiger partial charge is 0.461 e. The third-order valence-corrected chi connectivity index (χ3v) is 3.00. The molecule has 0 spiro atoms. The fourth-order valence-corrected chi connectivity index (χ4v) is 2.10. The number of fused-ring (bicyclic) bond motifs is 1. The van der Waals surface area contributed by atoms with Gasteiger partial charge >= 0.3 is 5.97 Å². The van der Waals surface area contributed by atoms with Crippen molar-refractivity contribution in [3.8, 4) is 0 Å². The van der Waals surface area contributed by atoms with Crippen LogP contribution >= 0.6 is 11.8 Å². The van der Waals surface area contributed by atoms with Crippen LogP contribution in [0.3, 0.4) is 0 Å². The number of nitrogens with zero attached hydrogens (tertiary/aromatic N) is 2. The summed E-state index contributed by atoms with van der Waals surface area (Å²) in [6, 6.07) is 7.57. The summed E-state index contributed by atoms with van der Waals surface area (Å²) in [7, 11) is 0. The lowest BCUT2D eigenvalue weighted by atomic mass is 10.1. The summed E-state index contributed by atoms with van der Waals surface area (Å²) in [5, 5.41) is 10.5. The number of hydrogen-bond donors (Lipinski definition) is 0. The highest BCUT2D eigenvalue weighted by Crippen LogP contribution is 2.25. The van der Waals surface area contributed by atoms with Gasteiger partial charge in [-0.25, -0.2) is 4.79 Å². The van der Waals surface area contributed by atoms with Gasteiger partial charge in [0.15, 0.2) is 5.69 Å². The van der Waals surface area contributed by atoms with Crippen LogP contribution < -0.4 is 0 Å². The van der Waals surface area contributed by atoms with E-state index in [1.165, 1.54) is 11.8 Å². The maximum absolute atomic E-state index is 11.7. The molecular weight excluding hydrogens is 236 g/mol. The number of aromatic nitrogens is 2. The molecule has 0 atom stereocenters. The molecule has 0 N–H and O–H groups in total. The summed E-state index contributed by atoms with van der Waals surface area (Å²) in [4.78, 5) is 11.7. The molecule has 4 nitrogen and oxygen atoms in total. The smallest absolute Gasteiger partial charge is 0.359 e. The lowest BCUT2D eigenvalue weighted by Crippen LogP contribution is -2.09. The minimum absolute atomic E-state index is 0.278. The van der Waals surface area contributed by atoms with Crippen molar-refractivity contribution in [1.29, 1.82) is 0 Å². The summed E-state index contributed by atoms with van der Waals surface area (Å²) < 4.78 is 4.96. The van der Waals surface area contributed by atoms with Gasteiger partial charge in [-0.15, -0.1) is 22.0 Å². The van der Waals surface area contributed by atoms with Gasteiger partial charge < -0.3 is 4.74 Å². The Labute approximate surface area is 103 Å². The molecule has 0 aliphatic carbocycles. The Morgan fingerprint density at radius 1 is 1.29 bits per heavy atom. The fraction of sp³-hybridized carbons (Fsp3) is 0.250. The van der Waals surface area contributed by atoms with Crippen molar-refractivity contribution in [3.63, 3.8) is 0 Å². The van der Waals surface area contributed by atoms with E-state index in [1.54, 1.807) is 6.92 Å². The number of rotatable bonds is 3. The molecule has 0 unspecified atom stereocenters. The Hall–Kier alpha value is -1.62. The van der Waals surface area contributed by atoms with Gasteiger partial charge in [-0.2, -0.15) is 0 Å². The van der Waals surface area contributed by atoms with Crippen molar-refractivity contribution in [2.45, 2.75) is 11.9 Å². The number of ether oxygens (including phenoxy) is 1. The molecule has 0 fully saturated rings. The number of thioether (sulfide) groups is 1. The maximum atomic E-state index is 11.7. The van der Waals surface area contributed by atoms with Crippen LogP contribution in [-0.2, 0) is 4.74 Å². The Bertz CT molecular complexity index is 557. The summed E-state index contributed by atoms with van der Waals surface area (Å²) in [6.07, 6.45) is 1.93. The monoisotopic (exact) mass is 248 g/mol. The summed E-state index contributed by atoms with van der Waals surface area (Å²) in [6.45, 7) is 2.10. The van der Waals surface area contributed by atoms with E-state index >= 15 is 0 Å². The predicted molar refractivity (Wildman–Crippen MR) is 67.3 cm³/mol. The molecule has 0 bridgehead atoms. The molecule has 17 heavy (non-hydrogen) atoms. The lowest BCUT2D eigenvalue weighted by Gasteiger charge is -2.06. The molecule has 0 aliphatic rings. The Morgan fingerprint density at radius 2 is 2.00 bits per heavy atom. The van der Waals surface area contributed by atoms with Crippen LogP contribution in [0.2, 0.25) is 0 Å². The first-order valence-corrected chi connectivity index (χ1v) is 6.47. The Kier molecular flexibility index (Phi) is 3.58. The van der Waals surface area contributed by atoms with Crippen molar-refractivity contribution in [1.82, 2.24) is 10.2 Å². The number of carbonyl (C=O) groups is 1. The minimum atomic E-state index is -0.427. The second kappa shape index (κ2) is 5.14. The summed E-state index contributed by atoms with van der Waals surface area (Å²) in [5.74, 6) is -0.427. The molecule has 1 aromatic carbocycles. The van der Waals surface area contributed by atoms with Crippen LogP contribution in [0.4, 0.5) is 0 Å². The maximum Gasteiger partial charge on any atom is 0.359 e. The number of benzene rings is 1. The van der Waals surface area contributed by atoms with E-state index in [4.69, 9.17) is 4.74 Å². The SMILES string of the molecule is CCOC(=O)c1nnc(SC)c2ccccc12. The fourth-order valence-electron chi connectivity index (χ4n) is 1.58. The van der Waals surface area contributed by atoms with Gasteiger partial charge in [0, 0.05) is 10.8 Å². The second-order valence-electron chi connectivity index (χ2n) is 3.32. The zero-order valence-electron chi connectivity index (χ0n) is 9.64. The standard InChI is InChI=1S/C12H12N2O2S/c1-3-16-12(15)10-8-6-4-5-7-9(8)11(17-2)14-13-10/h4-7H,3H2,1-2H3. The molecule has 0 amide bonds. The highest BCUT2D eigenvalue weighted by atomic mass is 32.2. The van der Waals surface area contributed by atoms with Gasteiger partial charge in [-0.1, -0.05) is 24.3 Å². The van der Waals surface area contributed by atoms with Gasteiger partial charge in [-0.05, 0) is 13.2 Å². The first-order valence-electron chi connectivity index (χ1n) is 5.24. The van der Waals surface area contributed by atoms with Gasteiger partial charge in [0.2, 0.25) is 0 Å². The Morgan fingerprint density at radius 3 is 2.65 bits per heavy atom. The van der Waals surface area contributed by atoms with E-state index in [9.17, 15) is 4.79 Å². The van der Waals surface area contributed by atoms with E-state index in [2.05, 4.69) is 10.2 Å². The van der Waals surface area contributed by atoms with Crippen molar-refractivity contribution >= 4 is 28.5 Å². The minimum Gasteiger partial charge on any atom is -0.461 e. The van der Waals surface area contributed by atoms with Crippen molar-refractivity contribution in [2.75, 3.05) is 12.9 Å². The molecule has 2 rings (SSSR count). The van der Waals surface area contributed by atoms with Crippen LogP contribution in [-0.4, -0.2) is 29.0 Å². The molecule has 2 aromatic rings. The third-order valence-electron chi connectivity index (χ3n) is 2.32. The van der Waals surface area contributed by atoms with Gasteiger partial charge in [0.1, 0.15) is 5.03 Å². The quantitative estimate of drug-likeness (QED) is 0.617. The first kappa shape index (κ1) is 11.9. The number of carbonyl (C=O) groups excluding carboxylic acids is 1. The van der Waals surface area contributed by atoms with E-state index in [0.29, 0.717) is 6.61 Å². The van der Waals surface area contributed by atoms with E-state index in [1.807, 2.05) is 30.5 Å². The number of hydrogen-bond acceptors (Lipinski definition) is 5. The molecule has 0 saturated heterocycles. The molecule has 5 heteroatoms. The van der Waals surface area contributed by atoms with E-state index in [-0.39, 0.29) is 5.69 Å². The lowest BCUT2D eigenvalue weighted by molar-refractivity contribution is 0.0520. The van der Waals surface area contributed by atoms with Gasteiger partial charge in [0.25, 0.3) is 0 Å². The molecule has 0 aliphatic heterocycles. The van der Waals surface area contributed by atoms with Crippen LogP contribution in [0.25, 0.3) is 10.8 Å². The summed E-state index contributed by atoms with van der Waals surface area (Å²) >= 11 is 1.51. The van der Waals surface area contributed by atoms with E-state index in [0.717, 1.165) is 15.8 Å². The zero-order valence-corrected chi connectivity index (χ0v) is 10.5. The Balaban J connectivity index is 2.62.